The number of ether oxygens (including phenoxy) is 1. The molecule has 0 atom stereocenters. The van der Waals surface area contributed by atoms with Crippen LogP contribution in [0.5, 0.6) is 11.5 Å². The van der Waals surface area contributed by atoms with Crippen LogP contribution in [0.4, 0.5) is 0 Å². The normalized spacial score (nSPS) is 10.7. The van der Waals surface area contributed by atoms with Crippen LogP contribution >= 0.6 is 15.9 Å². The van der Waals surface area contributed by atoms with Crippen LogP contribution in [-0.4, -0.2) is 14.1 Å². The van der Waals surface area contributed by atoms with Crippen molar-refractivity contribution in [1.82, 2.24) is 14.1 Å². The van der Waals surface area contributed by atoms with Crippen molar-refractivity contribution >= 4 is 15.9 Å². The van der Waals surface area contributed by atoms with Gasteiger partial charge in [-0.1, -0.05) is 28.1 Å². The Bertz CT molecular complexity index is 1100. The summed E-state index contributed by atoms with van der Waals surface area (Å²) in [5.41, 5.74) is 1.38. The monoisotopic (exact) mass is 421 g/mol. The molecule has 0 fully saturated rings. The Labute approximate surface area is 164 Å². The minimum Gasteiger partial charge on any atom is -0.457 e. The van der Waals surface area contributed by atoms with Gasteiger partial charge in [0.25, 0.3) is 5.56 Å². The Morgan fingerprint density at radius 2 is 1.81 bits per heavy atom. The zero-order valence-corrected chi connectivity index (χ0v) is 15.9. The molecule has 0 spiro atoms. The van der Waals surface area contributed by atoms with Gasteiger partial charge < -0.3 is 9.30 Å². The summed E-state index contributed by atoms with van der Waals surface area (Å²) in [7, 11) is 0. The van der Waals surface area contributed by atoms with E-state index in [1.165, 1.54) is 0 Å². The molecule has 2 aromatic heterocycles. The van der Waals surface area contributed by atoms with E-state index in [2.05, 4.69) is 20.9 Å². The predicted octanol–water partition coefficient (Wildman–Crippen LogP) is 4.64. The van der Waals surface area contributed by atoms with E-state index in [4.69, 9.17) is 4.74 Å². The Balaban J connectivity index is 1.63. The van der Waals surface area contributed by atoms with E-state index in [0.717, 1.165) is 15.9 Å². The molecule has 0 unspecified atom stereocenters. The molecule has 0 saturated heterocycles. The molecule has 2 aromatic carbocycles. The van der Waals surface area contributed by atoms with Crippen molar-refractivity contribution in [3.8, 4) is 17.2 Å². The van der Waals surface area contributed by atoms with Gasteiger partial charge in [0.2, 0.25) is 0 Å². The zero-order chi connectivity index (χ0) is 18.6. The van der Waals surface area contributed by atoms with Gasteiger partial charge in [-0.15, -0.1) is 0 Å². The van der Waals surface area contributed by atoms with E-state index >= 15 is 0 Å². The Morgan fingerprint density at radius 1 is 0.963 bits per heavy atom. The first-order chi connectivity index (χ1) is 13.2. The van der Waals surface area contributed by atoms with Crippen molar-refractivity contribution in [2.45, 2.75) is 6.54 Å². The lowest BCUT2D eigenvalue weighted by molar-refractivity contribution is 0.482. The first-order valence-electron chi connectivity index (χ1n) is 8.39. The Hall–Kier alpha value is -3.12. The van der Waals surface area contributed by atoms with Gasteiger partial charge in [0, 0.05) is 34.7 Å². The van der Waals surface area contributed by atoms with Gasteiger partial charge in [-0.05, 0) is 42.5 Å². The molecule has 5 nitrogen and oxygen atoms in total. The average molecular weight is 422 g/mol. The maximum absolute atomic E-state index is 12.9. The van der Waals surface area contributed by atoms with E-state index < -0.39 is 0 Å². The molecule has 0 aliphatic carbocycles. The van der Waals surface area contributed by atoms with Crippen LogP contribution < -0.4 is 10.3 Å². The van der Waals surface area contributed by atoms with E-state index in [1.807, 2.05) is 71.4 Å². The summed E-state index contributed by atoms with van der Waals surface area (Å²) < 4.78 is 10.4. The average Bonchev–Trinajstić information content (AvgIpc) is 3.19. The lowest BCUT2D eigenvalue weighted by Gasteiger charge is -2.11. The minimum atomic E-state index is -0.0630. The topological polar surface area (TPSA) is 49.0 Å². The second-order valence-corrected chi connectivity index (χ2v) is 6.91. The van der Waals surface area contributed by atoms with E-state index in [1.54, 1.807) is 23.3 Å². The van der Waals surface area contributed by atoms with Crippen molar-refractivity contribution < 1.29 is 4.74 Å². The highest BCUT2D eigenvalue weighted by molar-refractivity contribution is 9.10. The molecule has 0 N–H and O–H groups in total. The minimum absolute atomic E-state index is 0.0630. The standard InChI is InChI=1S/C21H16BrN3O2/c22-17-6-8-19(9-7-17)27-20-5-1-4-18(13-20)25-11-2-3-16(21(25)26)14-24-12-10-23-15-24/h1-13,15H,14H2. The van der Waals surface area contributed by atoms with Crippen molar-refractivity contribution in [3.05, 3.63) is 106 Å². The summed E-state index contributed by atoms with van der Waals surface area (Å²) in [4.78, 5) is 16.9. The molecule has 0 saturated carbocycles. The van der Waals surface area contributed by atoms with Crippen LogP contribution in [0.2, 0.25) is 0 Å². The van der Waals surface area contributed by atoms with Gasteiger partial charge >= 0.3 is 0 Å². The first-order valence-corrected chi connectivity index (χ1v) is 9.18. The molecular formula is C21H16BrN3O2. The van der Waals surface area contributed by atoms with Crippen molar-refractivity contribution in [2.24, 2.45) is 0 Å². The predicted molar refractivity (Wildman–Crippen MR) is 108 cm³/mol. The molecular weight excluding hydrogens is 406 g/mol. The highest BCUT2D eigenvalue weighted by Gasteiger charge is 2.07. The number of imidazole rings is 1. The Kier molecular flexibility index (Phi) is 4.89. The Morgan fingerprint density at radius 3 is 2.59 bits per heavy atom. The van der Waals surface area contributed by atoms with Crippen LogP contribution in [0.25, 0.3) is 5.69 Å². The van der Waals surface area contributed by atoms with Crippen LogP contribution in [0.1, 0.15) is 5.56 Å². The van der Waals surface area contributed by atoms with Crippen molar-refractivity contribution in [1.29, 1.82) is 0 Å². The van der Waals surface area contributed by atoms with Gasteiger partial charge in [0.05, 0.1) is 18.6 Å². The summed E-state index contributed by atoms with van der Waals surface area (Å²) >= 11 is 3.41. The smallest absolute Gasteiger partial charge is 0.260 e. The number of hydrogen-bond donors (Lipinski definition) is 0. The van der Waals surface area contributed by atoms with Gasteiger partial charge in [0.15, 0.2) is 0 Å². The molecule has 134 valence electrons. The first kappa shape index (κ1) is 17.3. The number of rotatable bonds is 5. The van der Waals surface area contributed by atoms with E-state index in [0.29, 0.717) is 17.9 Å². The third kappa shape index (κ3) is 4.01. The number of aromatic nitrogens is 3. The van der Waals surface area contributed by atoms with Crippen LogP contribution in [0.15, 0.2) is 94.8 Å². The number of nitrogens with zero attached hydrogens (tertiary/aromatic N) is 3. The molecule has 0 radical (unpaired) electrons. The summed E-state index contributed by atoms with van der Waals surface area (Å²) in [6.07, 6.45) is 7.00. The molecule has 4 rings (SSSR count). The van der Waals surface area contributed by atoms with Crippen LogP contribution in [-0.2, 0) is 6.54 Å². The number of halogens is 1. The number of hydrogen-bond acceptors (Lipinski definition) is 3. The van der Waals surface area contributed by atoms with E-state index in [-0.39, 0.29) is 5.56 Å². The lowest BCUT2D eigenvalue weighted by Crippen LogP contribution is -2.22. The maximum atomic E-state index is 12.9. The fraction of sp³-hybridized carbons (Fsp3) is 0.0476. The SMILES string of the molecule is O=c1c(Cn2ccnc2)cccn1-c1cccc(Oc2ccc(Br)cc2)c1. The van der Waals surface area contributed by atoms with Crippen molar-refractivity contribution in [3.63, 3.8) is 0 Å². The molecule has 27 heavy (non-hydrogen) atoms. The summed E-state index contributed by atoms with van der Waals surface area (Å²) in [5.74, 6) is 1.40. The van der Waals surface area contributed by atoms with Crippen LogP contribution in [0, 0.1) is 0 Å². The highest BCUT2D eigenvalue weighted by Crippen LogP contribution is 2.24. The lowest BCUT2D eigenvalue weighted by atomic mass is 10.2. The van der Waals surface area contributed by atoms with Gasteiger partial charge in [-0.2, -0.15) is 0 Å². The highest BCUT2D eigenvalue weighted by atomic mass is 79.9. The zero-order valence-electron chi connectivity index (χ0n) is 14.3. The summed E-state index contributed by atoms with van der Waals surface area (Å²) in [6, 6.07) is 18.8. The fourth-order valence-corrected chi connectivity index (χ4v) is 3.04. The van der Waals surface area contributed by atoms with E-state index in [9.17, 15) is 4.79 Å². The maximum Gasteiger partial charge on any atom is 0.260 e. The third-order valence-electron chi connectivity index (χ3n) is 4.08. The van der Waals surface area contributed by atoms with Gasteiger partial charge in [-0.3, -0.25) is 9.36 Å². The number of benzene rings is 2. The second-order valence-electron chi connectivity index (χ2n) is 6.00. The fourth-order valence-electron chi connectivity index (χ4n) is 2.78. The van der Waals surface area contributed by atoms with Gasteiger partial charge in [0.1, 0.15) is 11.5 Å². The molecule has 6 heteroatoms. The number of pyridine rings is 1. The largest absolute Gasteiger partial charge is 0.457 e. The second kappa shape index (κ2) is 7.63. The summed E-state index contributed by atoms with van der Waals surface area (Å²) in [5, 5.41) is 0. The molecule has 0 aliphatic rings. The van der Waals surface area contributed by atoms with Crippen molar-refractivity contribution in [2.75, 3.05) is 0 Å². The third-order valence-corrected chi connectivity index (χ3v) is 4.61. The quantitative estimate of drug-likeness (QED) is 0.471. The van der Waals surface area contributed by atoms with Gasteiger partial charge in [-0.25, -0.2) is 4.98 Å². The molecule has 4 aromatic rings. The molecule has 0 amide bonds. The molecule has 2 heterocycles. The molecule has 0 bridgehead atoms. The molecule has 0 aliphatic heterocycles. The summed E-state index contributed by atoms with van der Waals surface area (Å²) in [6.45, 7) is 0.481. The van der Waals surface area contributed by atoms with Crippen LogP contribution in [0.3, 0.4) is 0 Å².